The van der Waals surface area contributed by atoms with Crippen LogP contribution in [0.4, 0.5) is 0 Å². The van der Waals surface area contributed by atoms with Crippen molar-refractivity contribution in [2.75, 3.05) is 0 Å². The molecule has 0 radical (unpaired) electrons. The highest BCUT2D eigenvalue weighted by molar-refractivity contribution is 6.09. The van der Waals surface area contributed by atoms with Gasteiger partial charge in [-0.2, -0.15) is 0 Å². The lowest BCUT2D eigenvalue weighted by Crippen LogP contribution is -2.71. The molecule has 0 spiro atoms. The highest BCUT2D eigenvalue weighted by Gasteiger charge is 2.30. The van der Waals surface area contributed by atoms with Crippen molar-refractivity contribution in [2.24, 2.45) is 0 Å². The second kappa shape index (κ2) is 9.07. The minimum atomic E-state index is -0.0769. The molecule has 0 amide bonds. The van der Waals surface area contributed by atoms with Crippen molar-refractivity contribution in [2.45, 2.75) is 90.8 Å². The van der Waals surface area contributed by atoms with E-state index in [0.717, 1.165) is 19.3 Å². The normalized spacial score (nSPS) is 20.3. The predicted octanol–water partition coefficient (Wildman–Crippen LogP) is 1.59. The van der Waals surface area contributed by atoms with Crippen molar-refractivity contribution < 1.29 is 0 Å². The smallest absolute Gasteiger partial charge is 0.120 e. The fraction of sp³-hybridized carbons (Fsp3) is 1.00. The SMILES string of the molecule is CCC(C)NC(C[SiH3])(NC(C)CC)NC(C)CC. The monoisotopic (exact) mass is 273 g/mol. The Hall–Kier alpha value is 0.0969. The summed E-state index contributed by atoms with van der Waals surface area (Å²) >= 11 is 0. The van der Waals surface area contributed by atoms with E-state index in [1.54, 1.807) is 0 Å². The fourth-order valence-corrected chi connectivity index (χ4v) is 2.61. The van der Waals surface area contributed by atoms with Gasteiger partial charge in [0.25, 0.3) is 0 Å². The molecule has 0 saturated carbocycles. The van der Waals surface area contributed by atoms with Crippen molar-refractivity contribution >= 4 is 10.2 Å². The van der Waals surface area contributed by atoms with E-state index in [2.05, 4.69) is 57.5 Å². The average Bonchev–Trinajstić information content (AvgIpc) is 2.37. The van der Waals surface area contributed by atoms with E-state index in [4.69, 9.17) is 0 Å². The first-order chi connectivity index (χ1) is 8.42. The third kappa shape index (κ3) is 6.32. The van der Waals surface area contributed by atoms with Gasteiger partial charge in [0, 0.05) is 28.4 Å². The summed E-state index contributed by atoms with van der Waals surface area (Å²) in [5.41, 5.74) is 0. The largest absolute Gasteiger partial charge is 0.285 e. The third-order valence-corrected chi connectivity index (χ3v) is 4.91. The molecule has 0 bridgehead atoms. The van der Waals surface area contributed by atoms with Gasteiger partial charge in [-0.15, -0.1) is 0 Å². The van der Waals surface area contributed by atoms with Gasteiger partial charge in [-0.3, -0.25) is 16.0 Å². The lowest BCUT2D eigenvalue weighted by molar-refractivity contribution is 0.161. The number of nitrogens with one attached hydrogen (secondary N) is 3. The fourth-order valence-electron chi connectivity index (χ4n) is 2.00. The molecule has 110 valence electrons. The van der Waals surface area contributed by atoms with Gasteiger partial charge >= 0.3 is 0 Å². The summed E-state index contributed by atoms with van der Waals surface area (Å²) in [4.78, 5) is 0. The van der Waals surface area contributed by atoms with Crippen LogP contribution in [0.2, 0.25) is 6.04 Å². The van der Waals surface area contributed by atoms with Gasteiger partial charge in [0.05, 0.1) is 0 Å². The van der Waals surface area contributed by atoms with Crippen LogP contribution in [-0.2, 0) is 0 Å². The van der Waals surface area contributed by atoms with E-state index in [9.17, 15) is 0 Å². The van der Waals surface area contributed by atoms with E-state index in [0.29, 0.717) is 18.1 Å². The average molecular weight is 274 g/mol. The topological polar surface area (TPSA) is 36.1 Å². The van der Waals surface area contributed by atoms with Gasteiger partial charge in [-0.05, 0) is 46.1 Å². The molecule has 4 heteroatoms. The van der Waals surface area contributed by atoms with E-state index in [1.807, 2.05) is 0 Å². The molecule has 3 unspecified atom stereocenters. The number of hydrogen-bond donors (Lipinski definition) is 3. The molecule has 0 aliphatic rings. The standard InChI is InChI=1S/C14H35N3Si/c1-7-11(4)15-14(10-18,16-12(5)8-2)17-13(6)9-3/h11-13,15-17H,7-10H2,1-6,18H3. The summed E-state index contributed by atoms with van der Waals surface area (Å²) in [5, 5.41) is 11.3. The van der Waals surface area contributed by atoms with Crippen molar-refractivity contribution in [1.29, 1.82) is 0 Å². The first kappa shape index (κ1) is 18.1. The lowest BCUT2D eigenvalue weighted by Gasteiger charge is -2.42. The molecule has 3 N–H and O–H groups in total. The van der Waals surface area contributed by atoms with E-state index in [-0.39, 0.29) is 5.79 Å². The van der Waals surface area contributed by atoms with Crippen molar-refractivity contribution in [3.05, 3.63) is 0 Å². The Labute approximate surface area is 117 Å². The molecule has 3 atom stereocenters. The van der Waals surface area contributed by atoms with Crippen LogP contribution in [0.3, 0.4) is 0 Å². The van der Waals surface area contributed by atoms with Crippen LogP contribution in [-0.4, -0.2) is 34.2 Å². The van der Waals surface area contributed by atoms with Gasteiger partial charge in [0.15, 0.2) is 0 Å². The highest BCUT2D eigenvalue weighted by atomic mass is 28.1. The molecule has 0 aromatic heterocycles. The van der Waals surface area contributed by atoms with Crippen LogP contribution in [0, 0.1) is 0 Å². The molecule has 0 aliphatic heterocycles. The quantitative estimate of drug-likeness (QED) is 0.418. The Balaban J connectivity index is 4.81. The molecule has 18 heavy (non-hydrogen) atoms. The molecule has 0 aromatic carbocycles. The highest BCUT2D eigenvalue weighted by Crippen LogP contribution is 2.10. The summed E-state index contributed by atoms with van der Waals surface area (Å²) in [6.07, 6.45) is 3.48. The van der Waals surface area contributed by atoms with E-state index in [1.165, 1.54) is 16.3 Å². The lowest BCUT2D eigenvalue weighted by atomic mass is 10.1. The Kier molecular flexibility index (Phi) is 9.12. The van der Waals surface area contributed by atoms with Crippen LogP contribution >= 0.6 is 0 Å². The zero-order chi connectivity index (χ0) is 14.2. The summed E-state index contributed by atoms with van der Waals surface area (Å²) in [6.45, 7) is 13.5. The summed E-state index contributed by atoms with van der Waals surface area (Å²) in [7, 11) is 1.18. The molecule has 0 saturated heterocycles. The molecule has 0 fully saturated rings. The maximum atomic E-state index is 3.77. The predicted molar refractivity (Wildman–Crippen MR) is 86.1 cm³/mol. The Morgan fingerprint density at radius 1 is 0.778 bits per heavy atom. The summed E-state index contributed by atoms with van der Waals surface area (Å²) < 4.78 is 0. The first-order valence-corrected chi connectivity index (χ1v) is 9.17. The first-order valence-electron chi connectivity index (χ1n) is 7.75. The number of rotatable bonds is 10. The Morgan fingerprint density at radius 3 is 1.22 bits per heavy atom. The van der Waals surface area contributed by atoms with Gasteiger partial charge in [-0.1, -0.05) is 20.8 Å². The zero-order valence-electron chi connectivity index (χ0n) is 13.6. The van der Waals surface area contributed by atoms with E-state index >= 15 is 0 Å². The van der Waals surface area contributed by atoms with Crippen molar-refractivity contribution in [3.63, 3.8) is 0 Å². The van der Waals surface area contributed by atoms with Crippen LogP contribution in [0.15, 0.2) is 0 Å². The van der Waals surface area contributed by atoms with Gasteiger partial charge in [0.1, 0.15) is 5.79 Å². The molecular formula is C14H35N3Si. The van der Waals surface area contributed by atoms with E-state index < -0.39 is 0 Å². The Morgan fingerprint density at radius 2 is 1.06 bits per heavy atom. The minimum absolute atomic E-state index is 0.0769. The molecule has 0 rings (SSSR count). The summed E-state index contributed by atoms with van der Waals surface area (Å²) in [5.74, 6) is -0.0769. The zero-order valence-corrected chi connectivity index (χ0v) is 15.6. The van der Waals surface area contributed by atoms with Crippen LogP contribution < -0.4 is 16.0 Å². The Bertz CT molecular complexity index is 180. The molecular weight excluding hydrogens is 238 g/mol. The maximum Gasteiger partial charge on any atom is 0.120 e. The summed E-state index contributed by atoms with van der Waals surface area (Å²) in [6, 6.07) is 2.78. The molecule has 3 nitrogen and oxygen atoms in total. The van der Waals surface area contributed by atoms with Crippen molar-refractivity contribution in [1.82, 2.24) is 16.0 Å². The van der Waals surface area contributed by atoms with Crippen LogP contribution in [0.5, 0.6) is 0 Å². The number of hydrogen-bond acceptors (Lipinski definition) is 3. The van der Waals surface area contributed by atoms with Gasteiger partial charge in [-0.25, -0.2) is 0 Å². The minimum Gasteiger partial charge on any atom is -0.285 e. The van der Waals surface area contributed by atoms with Gasteiger partial charge < -0.3 is 0 Å². The van der Waals surface area contributed by atoms with Gasteiger partial charge in [0.2, 0.25) is 0 Å². The van der Waals surface area contributed by atoms with Crippen molar-refractivity contribution in [3.8, 4) is 0 Å². The second-order valence-corrected chi connectivity index (χ2v) is 6.33. The molecule has 0 heterocycles. The van der Waals surface area contributed by atoms with Crippen LogP contribution in [0.25, 0.3) is 0 Å². The van der Waals surface area contributed by atoms with Crippen LogP contribution in [0.1, 0.15) is 60.8 Å². The second-order valence-electron chi connectivity index (χ2n) is 5.62. The third-order valence-electron chi connectivity index (χ3n) is 3.85. The molecule has 0 aliphatic carbocycles. The molecule has 0 aromatic rings. The maximum absolute atomic E-state index is 3.77.